The Kier molecular flexibility index (Phi) is 54.4. The van der Waals surface area contributed by atoms with Crippen LogP contribution < -0.4 is 0 Å². The third-order valence-electron chi connectivity index (χ3n) is 12.2. The molecule has 0 aromatic rings. The van der Waals surface area contributed by atoms with E-state index in [9.17, 15) is 28.9 Å². The zero-order chi connectivity index (χ0) is 55.5. The molecule has 0 saturated heterocycles. The monoisotopic (exact) mass is 1080 g/mol. The largest absolute Gasteiger partial charge is 0.472 e. The van der Waals surface area contributed by atoms with Crippen molar-refractivity contribution in [2.45, 2.75) is 251 Å². The molecular weight excluding hydrogens is 976 g/mol. The molecule has 0 radical (unpaired) electrons. The summed E-state index contributed by atoms with van der Waals surface area (Å²) in [5.41, 5.74) is 0. The number of phosphoric acid groups is 1. The lowest BCUT2D eigenvalue weighted by atomic mass is 10.1. The van der Waals surface area contributed by atoms with Gasteiger partial charge in [0.05, 0.1) is 19.8 Å². The Morgan fingerprint density at radius 2 is 0.684 bits per heavy atom. The summed E-state index contributed by atoms with van der Waals surface area (Å²) < 4.78 is 39.5. The fourth-order valence-electron chi connectivity index (χ4n) is 7.69. The summed E-state index contributed by atoms with van der Waals surface area (Å²) in [6.07, 6.45) is 69.0. The summed E-state index contributed by atoms with van der Waals surface area (Å²) in [7, 11) is -4.77. The number of unbranched alkanes of at least 4 members (excludes halogenated alkanes) is 19. The van der Waals surface area contributed by atoms with Crippen molar-refractivity contribution in [3.8, 4) is 0 Å². The van der Waals surface area contributed by atoms with Crippen molar-refractivity contribution in [2.75, 3.05) is 26.4 Å². The predicted octanol–water partition coefficient (Wildman–Crippen LogP) is 17.8. The molecule has 0 spiro atoms. The number of esters is 3. The number of allylic oxidation sites excluding steroid dienone is 18. The Bertz CT molecular complexity index is 1690. The van der Waals surface area contributed by atoms with Crippen LogP contribution >= 0.6 is 7.82 Å². The number of carbonyl (C=O) groups excluding carboxylic acids is 3. The molecule has 0 fully saturated rings. The summed E-state index contributed by atoms with van der Waals surface area (Å²) in [5.74, 6) is -1.53. The molecule has 11 nitrogen and oxygen atoms in total. The minimum atomic E-state index is -4.77. The van der Waals surface area contributed by atoms with Gasteiger partial charge in [-0.15, -0.1) is 0 Å². The third kappa shape index (κ3) is 54.9. The highest BCUT2D eigenvalue weighted by Gasteiger charge is 2.28. The highest BCUT2D eigenvalue weighted by Crippen LogP contribution is 2.43. The molecule has 0 rings (SSSR count). The minimum absolute atomic E-state index is 0.131. The Balaban J connectivity index is 4.80. The summed E-state index contributed by atoms with van der Waals surface area (Å²) in [4.78, 5) is 48.6. The number of ether oxygens (including phenoxy) is 3. The molecule has 3 unspecified atom stereocenters. The van der Waals surface area contributed by atoms with E-state index in [0.717, 1.165) is 141 Å². The first kappa shape index (κ1) is 72.1. The van der Waals surface area contributed by atoms with E-state index < -0.39 is 57.8 Å². The molecule has 0 aliphatic carbocycles. The third-order valence-corrected chi connectivity index (χ3v) is 13.1. The van der Waals surface area contributed by atoms with Crippen LogP contribution in [0.3, 0.4) is 0 Å². The highest BCUT2D eigenvalue weighted by atomic mass is 31.2. The van der Waals surface area contributed by atoms with Gasteiger partial charge in [-0.2, -0.15) is 0 Å². The van der Waals surface area contributed by atoms with Gasteiger partial charge in [0.25, 0.3) is 0 Å². The molecular formula is C64H107O11P. The Morgan fingerprint density at radius 1 is 0.382 bits per heavy atom. The Morgan fingerprint density at radius 3 is 1.07 bits per heavy atom. The van der Waals surface area contributed by atoms with Crippen LogP contribution in [0.1, 0.15) is 239 Å². The Hall–Kier alpha value is -3.86. The van der Waals surface area contributed by atoms with Gasteiger partial charge in [-0.25, -0.2) is 4.57 Å². The van der Waals surface area contributed by atoms with Crippen LogP contribution in [0.4, 0.5) is 0 Å². The van der Waals surface area contributed by atoms with Gasteiger partial charge in [-0.3, -0.25) is 23.4 Å². The first-order chi connectivity index (χ1) is 37.2. The van der Waals surface area contributed by atoms with Crippen molar-refractivity contribution in [1.29, 1.82) is 0 Å². The van der Waals surface area contributed by atoms with Gasteiger partial charge in [-0.05, 0) is 122 Å². The number of phosphoric ester groups is 1. The SMILES string of the molecule is CC/C=C\C/C=C\C/C=C\C/C=C\CCCCCCC(=O)OC(CO)COP(=O)(O)OCC(COC(=O)CCCCCCC/C=C\CCCCCCCC)OC(=O)CCCCCC/C=C\C/C=C\C/C=C\C/C=C\CC. The summed E-state index contributed by atoms with van der Waals surface area (Å²) in [6.45, 7) is 4.35. The van der Waals surface area contributed by atoms with E-state index in [2.05, 4.69) is 130 Å². The zero-order valence-electron chi connectivity index (χ0n) is 47.9. The fraction of sp³-hybridized carbons (Fsp3) is 0.672. The van der Waals surface area contributed by atoms with E-state index >= 15 is 0 Å². The molecule has 0 aliphatic heterocycles. The van der Waals surface area contributed by atoms with Crippen LogP contribution in [-0.4, -0.2) is 66.5 Å². The number of carbonyl (C=O) groups is 3. The molecule has 76 heavy (non-hydrogen) atoms. The van der Waals surface area contributed by atoms with E-state index in [0.29, 0.717) is 19.3 Å². The van der Waals surface area contributed by atoms with E-state index in [1.165, 1.54) is 38.5 Å². The quantitative estimate of drug-likeness (QED) is 0.0197. The molecule has 2 N–H and O–H groups in total. The molecule has 0 saturated carbocycles. The Labute approximate surface area is 463 Å². The van der Waals surface area contributed by atoms with Crippen LogP contribution in [0.15, 0.2) is 109 Å². The van der Waals surface area contributed by atoms with E-state index in [4.69, 9.17) is 23.3 Å². The lowest BCUT2D eigenvalue weighted by molar-refractivity contribution is -0.161. The standard InChI is InChI=1S/C64H107O11P/c1-4-7-10-13-16-19-22-25-28-30-33-36-39-42-45-48-51-54-63(67)74-60(56-65)58-72-76(69,70)73-59-61(57-71-62(66)53-50-47-44-41-38-35-32-27-24-21-18-15-12-9-6-3)75-64(68)55-52-49-46-43-40-37-34-31-29-26-23-20-17-14-11-8-5-2/h7-8,10-11,16-17,19-20,25-29,32-34,36-37,60-61,65H,4-6,9,12-15,18,21-24,30-31,35,38-59H2,1-3H3,(H,69,70)/b10-7-,11-8-,19-16-,20-17-,28-25-,29-26-,32-27-,36-33-,37-34-. The van der Waals surface area contributed by atoms with Crippen LogP contribution in [0.5, 0.6) is 0 Å². The lowest BCUT2D eigenvalue weighted by Gasteiger charge is -2.21. The number of hydrogen-bond acceptors (Lipinski definition) is 10. The molecule has 0 bridgehead atoms. The topological polar surface area (TPSA) is 155 Å². The first-order valence-corrected chi connectivity index (χ1v) is 31.3. The second-order valence-corrected chi connectivity index (χ2v) is 20.8. The van der Waals surface area contributed by atoms with E-state index in [1.54, 1.807) is 0 Å². The average Bonchev–Trinajstić information content (AvgIpc) is 3.41. The van der Waals surface area contributed by atoms with E-state index in [-0.39, 0.29) is 25.9 Å². The molecule has 0 aromatic carbocycles. The van der Waals surface area contributed by atoms with Crippen molar-refractivity contribution in [3.63, 3.8) is 0 Å². The number of rotatable bonds is 54. The van der Waals surface area contributed by atoms with Crippen LogP contribution in [0.25, 0.3) is 0 Å². The zero-order valence-corrected chi connectivity index (χ0v) is 48.8. The fourth-order valence-corrected chi connectivity index (χ4v) is 8.47. The average molecular weight is 1080 g/mol. The summed E-state index contributed by atoms with van der Waals surface area (Å²) in [6, 6.07) is 0. The van der Waals surface area contributed by atoms with Gasteiger partial charge in [0.1, 0.15) is 12.7 Å². The van der Waals surface area contributed by atoms with Gasteiger partial charge >= 0.3 is 25.7 Å². The van der Waals surface area contributed by atoms with Crippen LogP contribution in [0, 0.1) is 0 Å². The number of aliphatic hydroxyl groups is 1. The molecule has 0 aliphatic rings. The van der Waals surface area contributed by atoms with Crippen LogP contribution in [0.2, 0.25) is 0 Å². The van der Waals surface area contributed by atoms with Crippen molar-refractivity contribution in [2.24, 2.45) is 0 Å². The molecule has 0 heterocycles. The lowest BCUT2D eigenvalue weighted by Crippen LogP contribution is -2.30. The van der Waals surface area contributed by atoms with Gasteiger partial charge in [-0.1, -0.05) is 207 Å². The predicted molar refractivity (Wildman–Crippen MR) is 316 cm³/mol. The molecule has 3 atom stereocenters. The normalized spacial score (nSPS) is 14.1. The summed E-state index contributed by atoms with van der Waals surface area (Å²) >= 11 is 0. The molecule has 12 heteroatoms. The maximum atomic E-state index is 12.9. The van der Waals surface area contributed by atoms with Gasteiger partial charge < -0.3 is 24.2 Å². The smallest absolute Gasteiger partial charge is 0.462 e. The summed E-state index contributed by atoms with van der Waals surface area (Å²) in [5, 5.41) is 9.83. The van der Waals surface area contributed by atoms with Gasteiger partial charge in [0, 0.05) is 19.3 Å². The van der Waals surface area contributed by atoms with Crippen molar-refractivity contribution < 1.29 is 52.2 Å². The maximum Gasteiger partial charge on any atom is 0.472 e. The minimum Gasteiger partial charge on any atom is -0.462 e. The van der Waals surface area contributed by atoms with E-state index in [1.807, 2.05) is 0 Å². The molecule has 0 amide bonds. The highest BCUT2D eigenvalue weighted by molar-refractivity contribution is 7.47. The number of aliphatic hydroxyl groups excluding tert-OH is 1. The first-order valence-electron chi connectivity index (χ1n) is 29.8. The second kappa shape index (κ2) is 57.3. The molecule has 434 valence electrons. The molecule has 0 aromatic heterocycles. The van der Waals surface area contributed by atoms with Crippen molar-refractivity contribution >= 4 is 25.7 Å². The van der Waals surface area contributed by atoms with Gasteiger partial charge in [0.2, 0.25) is 0 Å². The van der Waals surface area contributed by atoms with Crippen LogP contribution in [-0.2, 0) is 42.2 Å². The number of hydrogen-bond donors (Lipinski definition) is 2. The van der Waals surface area contributed by atoms with Crippen molar-refractivity contribution in [1.82, 2.24) is 0 Å². The maximum absolute atomic E-state index is 12.9. The van der Waals surface area contributed by atoms with Crippen molar-refractivity contribution in [3.05, 3.63) is 109 Å². The second-order valence-electron chi connectivity index (χ2n) is 19.4. The van der Waals surface area contributed by atoms with Gasteiger partial charge in [0.15, 0.2) is 6.10 Å².